The van der Waals surface area contributed by atoms with Crippen LogP contribution < -0.4 is 0 Å². The summed E-state index contributed by atoms with van der Waals surface area (Å²) in [5.41, 5.74) is 0.590. The molecular formula is C23H31NO4S. The first-order valence-electron chi connectivity index (χ1n) is 10.2. The lowest BCUT2D eigenvalue weighted by Crippen LogP contribution is -2.52. The van der Waals surface area contributed by atoms with Crippen molar-refractivity contribution < 1.29 is 18.3 Å². The maximum Gasteiger partial charge on any atom is 0.245 e. The number of benzene rings is 2. The van der Waals surface area contributed by atoms with Crippen molar-refractivity contribution in [1.82, 2.24) is 4.31 Å². The molecule has 0 radical (unpaired) electrons. The predicted molar refractivity (Wildman–Crippen MR) is 114 cm³/mol. The van der Waals surface area contributed by atoms with Crippen LogP contribution in [0.3, 0.4) is 0 Å². The van der Waals surface area contributed by atoms with Crippen molar-refractivity contribution >= 4 is 10.0 Å². The Kier molecular flexibility index (Phi) is 6.48. The number of unbranched alkanes of at least 4 members (excludes halogenated alkanes) is 1. The summed E-state index contributed by atoms with van der Waals surface area (Å²) in [6, 6.07) is 15.9. The highest BCUT2D eigenvalue weighted by molar-refractivity contribution is 7.89. The molecule has 0 aromatic heterocycles. The molecule has 0 aliphatic carbocycles. The normalized spacial score (nSPS) is 25.1. The van der Waals surface area contributed by atoms with Crippen molar-refractivity contribution in [3.05, 3.63) is 65.7 Å². The quantitative estimate of drug-likeness (QED) is 0.724. The zero-order chi connectivity index (χ0) is 21.2. The summed E-state index contributed by atoms with van der Waals surface area (Å²) in [5.74, 6) is 0. The van der Waals surface area contributed by atoms with Gasteiger partial charge in [-0.1, -0.05) is 67.8 Å². The fraction of sp³-hybridized carbons (Fsp3) is 0.478. The third kappa shape index (κ3) is 4.40. The van der Waals surface area contributed by atoms with Crippen LogP contribution in [0.2, 0.25) is 0 Å². The van der Waals surface area contributed by atoms with Crippen LogP contribution in [0, 0.1) is 6.92 Å². The van der Waals surface area contributed by atoms with E-state index in [2.05, 4.69) is 0 Å². The molecule has 1 fully saturated rings. The standard InChI is InChI=1S/C23H31NO4S/c1-5-6-16-23(4,25)22-24(29(26,27)20-14-12-17(2)13-15-20)18(3)21(28-22)19-10-8-7-9-11-19/h7-15,18,21-22,25H,5-6,16H2,1-4H3/t18-,21-,22-,23+/m0/s1. The average Bonchev–Trinajstić information content (AvgIpc) is 3.06. The van der Waals surface area contributed by atoms with E-state index in [1.165, 1.54) is 4.31 Å². The van der Waals surface area contributed by atoms with E-state index in [0.29, 0.717) is 6.42 Å². The summed E-state index contributed by atoms with van der Waals surface area (Å²) in [5, 5.41) is 11.2. The minimum absolute atomic E-state index is 0.212. The maximum atomic E-state index is 13.6. The van der Waals surface area contributed by atoms with Crippen LogP contribution in [0.15, 0.2) is 59.5 Å². The SMILES string of the molecule is CCCC[C@@](C)(O)[C@@H]1O[C@H](c2ccccc2)[C@H](C)N1S(=O)(=O)c1ccc(C)cc1. The molecule has 158 valence electrons. The zero-order valence-corrected chi connectivity index (χ0v) is 18.4. The fourth-order valence-electron chi connectivity index (χ4n) is 3.92. The van der Waals surface area contributed by atoms with Crippen LogP contribution in [0.25, 0.3) is 0 Å². The molecular weight excluding hydrogens is 386 g/mol. The lowest BCUT2D eigenvalue weighted by atomic mass is 9.97. The van der Waals surface area contributed by atoms with Crippen LogP contribution in [0.4, 0.5) is 0 Å². The predicted octanol–water partition coefficient (Wildman–Crippen LogP) is 4.41. The highest BCUT2D eigenvalue weighted by atomic mass is 32.2. The maximum absolute atomic E-state index is 13.6. The first kappa shape index (κ1) is 22.0. The summed E-state index contributed by atoms with van der Waals surface area (Å²) in [7, 11) is -3.85. The molecule has 2 aromatic rings. The Balaban J connectivity index is 2.05. The number of sulfonamides is 1. The van der Waals surface area contributed by atoms with Crippen molar-refractivity contribution in [2.45, 2.75) is 75.8 Å². The van der Waals surface area contributed by atoms with Crippen LogP contribution in [0.1, 0.15) is 57.3 Å². The van der Waals surface area contributed by atoms with Crippen LogP contribution in [-0.4, -0.2) is 35.7 Å². The van der Waals surface area contributed by atoms with E-state index < -0.39 is 34.0 Å². The van der Waals surface area contributed by atoms with Gasteiger partial charge in [-0.25, -0.2) is 8.42 Å². The van der Waals surface area contributed by atoms with E-state index in [1.54, 1.807) is 31.2 Å². The van der Waals surface area contributed by atoms with Crippen LogP contribution in [0.5, 0.6) is 0 Å². The monoisotopic (exact) mass is 417 g/mol. The summed E-state index contributed by atoms with van der Waals surface area (Å²) >= 11 is 0. The zero-order valence-electron chi connectivity index (χ0n) is 17.6. The van der Waals surface area contributed by atoms with E-state index >= 15 is 0 Å². The van der Waals surface area contributed by atoms with Crippen molar-refractivity contribution in [3.63, 3.8) is 0 Å². The molecule has 4 atom stereocenters. The minimum Gasteiger partial charge on any atom is -0.386 e. The Hall–Kier alpha value is -1.73. The van der Waals surface area contributed by atoms with E-state index in [-0.39, 0.29) is 4.90 Å². The average molecular weight is 418 g/mol. The van der Waals surface area contributed by atoms with Gasteiger partial charge in [0, 0.05) is 0 Å². The molecule has 1 aliphatic rings. The second-order valence-corrected chi connectivity index (χ2v) is 10.0. The van der Waals surface area contributed by atoms with Crippen molar-refractivity contribution in [1.29, 1.82) is 0 Å². The molecule has 0 saturated carbocycles. The van der Waals surface area contributed by atoms with Gasteiger partial charge >= 0.3 is 0 Å². The third-order valence-electron chi connectivity index (χ3n) is 5.64. The van der Waals surface area contributed by atoms with Crippen LogP contribution >= 0.6 is 0 Å². The summed E-state index contributed by atoms with van der Waals surface area (Å²) in [6.07, 6.45) is 0.749. The molecule has 6 heteroatoms. The van der Waals surface area contributed by atoms with Gasteiger partial charge in [-0.05, 0) is 44.9 Å². The topological polar surface area (TPSA) is 66.8 Å². The molecule has 1 heterocycles. The van der Waals surface area contributed by atoms with Crippen molar-refractivity contribution in [2.24, 2.45) is 0 Å². The number of nitrogens with zero attached hydrogens (tertiary/aromatic N) is 1. The molecule has 0 bridgehead atoms. The van der Waals surface area contributed by atoms with Crippen molar-refractivity contribution in [3.8, 4) is 0 Å². The largest absolute Gasteiger partial charge is 0.386 e. The summed E-state index contributed by atoms with van der Waals surface area (Å²) < 4.78 is 34.8. The molecule has 0 unspecified atom stereocenters. The van der Waals surface area contributed by atoms with Gasteiger partial charge in [0.25, 0.3) is 0 Å². The minimum atomic E-state index is -3.85. The molecule has 0 amide bonds. The number of aliphatic hydroxyl groups is 1. The molecule has 5 nitrogen and oxygen atoms in total. The Morgan fingerprint density at radius 3 is 2.31 bits per heavy atom. The highest BCUT2D eigenvalue weighted by Gasteiger charge is 2.53. The van der Waals surface area contributed by atoms with E-state index in [1.807, 2.05) is 51.1 Å². The summed E-state index contributed by atoms with van der Waals surface area (Å²) in [4.78, 5) is 0.212. The van der Waals surface area contributed by atoms with Gasteiger partial charge in [0.15, 0.2) is 6.23 Å². The second-order valence-electron chi connectivity index (χ2n) is 8.17. The van der Waals surface area contributed by atoms with Gasteiger partial charge in [-0.3, -0.25) is 0 Å². The van der Waals surface area contributed by atoms with E-state index in [4.69, 9.17) is 4.74 Å². The third-order valence-corrected chi connectivity index (χ3v) is 7.59. The first-order chi connectivity index (χ1) is 13.7. The number of rotatable bonds is 7. The van der Waals surface area contributed by atoms with Gasteiger partial charge in [0.2, 0.25) is 10.0 Å². The Morgan fingerprint density at radius 2 is 1.72 bits per heavy atom. The van der Waals surface area contributed by atoms with Crippen molar-refractivity contribution in [2.75, 3.05) is 0 Å². The molecule has 1 aliphatic heterocycles. The van der Waals surface area contributed by atoms with Gasteiger partial charge in [-0.15, -0.1) is 0 Å². The van der Waals surface area contributed by atoms with Crippen LogP contribution in [-0.2, 0) is 14.8 Å². The lowest BCUT2D eigenvalue weighted by Gasteiger charge is -2.35. The van der Waals surface area contributed by atoms with Gasteiger partial charge in [-0.2, -0.15) is 4.31 Å². The Labute approximate surface area is 174 Å². The van der Waals surface area contributed by atoms with E-state index in [9.17, 15) is 13.5 Å². The highest BCUT2D eigenvalue weighted by Crippen LogP contribution is 2.43. The molecule has 29 heavy (non-hydrogen) atoms. The van der Waals surface area contributed by atoms with Gasteiger partial charge in [0.1, 0.15) is 11.7 Å². The fourth-order valence-corrected chi connectivity index (χ4v) is 5.72. The second kappa shape index (κ2) is 8.56. The smallest absolute Gasteiger partial charge is 0.245 e. The number of ether oxygens (including phenoxy) is 1. The Bertz CT molecular complexity index is 910. The molecule has 3 rings (SSSR count). The summed E-state index contributed by atoms with van der Waals surface area (Å²) in [6.45, 7) is 7.48. The molecule has 1 saturated heterocycles. The number of aryl methyl sites for hydroxylation is 1. The van der Waals surface area contributed by atoms with E-state index in [0.717, 1.165) is 24.0 Å². The Morgan fingerprint density at radius 1 is 1.10 bits per heavy atom. The number of hydrogen-bond acceptors (Lipinski definition) is 4. The molecule has 1 N–H and O–H groups in total. The molecule has 2 aromatic carbocycles. The number of hydrogen-bond donors (Lipinski definition) is 1. The first-order valence-corrected chi connectivity index (χ1v) is 11.7. The lowest BCUT2D eigenvalue weighted by molar-refractivity contribution is -0.125. The van der Waals surface area contributed by atoms with Gasteiger partial charge < -0.3 is 9.84 Å². The van der Waals surface area contributed by atoms with Gasteiger partial charge in [0.05, 0.1) is 10.9 Å². The molecule has 0 spiro atoms.